The van der Waals surface area contributed by atoms with Crippen molar-refractivity contribution < 1.29 is 28.9 Å². The fourth-order valence-corrected chi connectivity index (χ4v) is 2.87. The Morgan fingerprint density at radius 1 is 1.22 bits per heavy atom. The van der Waals surface area contributed by atoms with Crippen LogP contribution in [0.5, 0.6) is 0 Å². The van der Waals surface area contributed by atoms with Gasteiger partial charge in [0.25, 0.3) is 0 Å². The largest absolute Gasteiger partial charge is 0.494 e. The molecule has 0 aromatic rings. The monoisotopic (exact) mass is 326 g/mol. The molecule has 6 nitrogen and oxygen atoms in total. The summed E-state index contributed by atoms with van der Waals surface area (Å²) in [5, 5.41) is 8.73. The average Bonchev–Trinajstić information content (AvgIpc) is 2.53. The molecule has 0 bridgehead atoms. The third-order valence-electron chi connectivity index (χ3n) is 4.30. The summed E-state index contributed by atoms with van der Waals surface area (Å²) in [6.45, 7) is 3.75. The van der Waals surface area contributed by atoms with E-state index in [1.54, 1.807) is 7.11 Å². The van der Waals surface area contributed by atoms with Gasteiger partial charge in [0, 0.05) is 25.4 Å². The lowest BCUT2D eigenvalue weighted by Gasteiger charge is -2.35. The first-order valence-corrected chi connectivity index (χ1v) is 7.63. The van der Waals surface area contributed by atoms with E-state index < -0.39 is 5.97 Å². The second-order valence-corrected chi connectivity index (χ2v) is 5.75. The molecule has 0 spiro atoms. The van der Waals surface area contributed by atoms with Gasteiger partial charge in [-0.05, 0) is 19.8 Å². The topological polar surface area (TPSA) is 82.1 Å². The molecule has 130 valence electrons. The van der Waals surface area contributed by atoms with Gasteiger partial charge in [-0.3, -0.25) is 9.59 Å². The molecule has 0 amide bonds. The first-order chi connectivity index (χ1) is 10.9. The van der Waals surface area contributed by atoms with Crippen LogP contribution >= 0.6 is 0 Å². The minimum absolute atomic E-state index is 0.0823. The number of Topliss-reactive ketones (excluding diaryl/α,β-unsaturated/α-hetero) is 1. The molecular formula is C17H26O6. The Morgan fingerprint density at radius 2 is 1.87 bits per heavy atom. The standard InChI is InChI=1S/C17H26O6/c1-10(7-9-13(18)19)6-8-12-11(2)14(20)16(22-4)17(23-5)15(12)21-3/h6,11-12,15H,7-9H2,1-5H3,(H,18,19)/b10-6+. The van der Waals surface area contributed by atoms with Gasteiger partial charge in [-0.2, -0.15) is 0 Å². The van der Waals surface area contributed by atoms with E-state index in [1.165, 1.54) is 14.2 Å². The van der Waals surface area contributed by atoms with E-state index in [9.17, 15) is 9.59 Å². The summed E-state index contributed by atoms with van der Waals surface area (Å²) in [6.07, 6.45) is 2.82. The van der Waals surface area contributed by atoms with Gasteiger partial charge < -0.3 is 19.3 Å². The Balaban J connectivity index is 2.97. The highest BCUT2D eigenvalue weighted by molar-refractivity contribution is 5.97. The zero-order valence-corrected chi connectivity index (χ0v) is 14.4. The van der Waals surface area contributed by atoms with Gasteiger partial charge in [0.05, 0.1) is 14.2 Å². The van der Waals surface area contributed by atoms with Crippen LogP contribution < -0.4 is 0 Å². The van der Waals surface area contributed by atoms with Crippen LogP contribution in [0.4, 0.5) is 0 Å². The Bertz CT molecular complexity index is 505. The molecule has 0 aliphatic heterocycles. The number of methoxy groups -OCH3 is 3. The van der Waals surface area contributed by atoms with Crippen LogP contribution in [0.25, 0.3) is 0 Å². The zero-order chi connectivity index (χ0) is 17.6. The molecule has 0 radical (unpaired) electrons. The van der Waals surface area contributed by atoms with Crippen molar-refractivity contribution in [2.75, 3.05) is 21.3 Å². The number of hydrogen-bond donors (Lipinski definition) is 1. The molecule has 6 heteroatoms. The molecule has 3 atom stereocenters. The summed E-state index contributed by atoms with van der Waals surface area (Å²) in [6, 6.07) is 0. The van der Waals surface area contributed by atoms with Crippen LogP contribution in [0.3, 0.4) is 0 Å². The second kappa shape index (κ2) is 8.72. The number of carbonyl (C=O) groups excluding carboxylic acids is 1. The van der Waals surface area contributed by atoms with Crippen molar-refractivity contribution >= 4 is 11.8 Å². The highest BCUT2D eigenvalue weighted by Gasteiger charge is 2.43. The normalized spacial score (nSPS) is 25.5. The maximum Gasteiger partial charge on any atom is 0.303 e. The number of hydrogen-bond acceptors (Lipinski definition) is 5. The molecule has 23 heavy (non-hydrogen) atoms. The smallest absolute Gasteiger partial charge is 0.303 e. The summed E-state index contributed by atoms with van der Waals surface area (Å²) >= 11 is 0. The van der Waals surface area contributed by atoms with Crippen molar-refractivity contribution in [3.63, 3.8) is 0 Å². The second-order valence-electron chi connectivity index (χ2n) is 5.75. The molecule has 0 aromatic heterocycles. The number of ether oxygens (including phenoxy) is 3. The van der Waals surface area contributed by atoms with Crippen LogP contribution in [0, 0.1) is 11.8 Å². The molecule has 1 aliphatic rings. The van der Waals surface area contributed by atoms with E-state index in [4.69, 9.17) is 19.3 Å². The van der Waals surface area contributed by atoms with Crippen LogP contribution in [-0.4, -0.2) is 44.3 Å². The molecule has 1 aliphatic carbocycles. The molecule has 1 rings (SSSR count). The van der Waals surface area contributed by atoms with E-state index in [-0.39, 0.29) is 35.9 Å². The Morgan fingerprint density at radius 3 is 2.35 bits per heavy atom. The third kappa shape index (κ3) is 4.58. The third-order valence-corrected chi connectivity index (χ3v) is 4.30. The number of rotatable bonds is 8. The first kappa shape index (κ1) is 19.2. The van der Waals surface area contributed by atoms with Crippen LogP contribution in [0.1, 0.15) is 33.1 Å². The first-order valence-electron chi connectivity index (χ1n) is 7.63. The summed E-state index contributed by atoms with van der Waals surface area (Å²) in [5.74, 6) is -0.630. The fourth-order valence-electron chi connectivity index (χ4n) is 2.87. The summed E-state index contributed by atoms with van der Waals surface area (Å²) in [4.78, 5) is 23.1. The predicted molar refractivity (Wildman–Crippen MR) is 84.7 cm³/mol. The van der Waals surface area contributed by atoms with Crippen molar-refractivity contribution in [3.8, 4) is 0 Å². The lowest BCUT2D eigenvalue weighted by Crippen LogP contribution is -2.41. The Labute approximate surface area is 137 Å². The van der Waals surface area contributed by atoms with Crippen molar-refractivity contribution in [1.29, 1.82) is 0 Å². The van der Waals surface area contributed by atoms with Crippen molar-refractivity contribution in [2.24, 2.45) is 11.8 Å². The Hall–Kier alpha value is -1.82. The number of carbonyl (C=O) groups is 2. The van der Waals surface area contributed by atoms with Crippen molar-refractivity contribution in [3.05, 3.63) is 23.2 Å². The van der Waals surface area contributed by atoms with Gasteiger partial charge in [0.1, 0.15) is 6.10 Å². The molecule has 0 saturated heterocycles. The summed E-state index contributed by atoms with van der Waals surface area (Å²) in [5.41, 5.74) is 0.988. The average molecular weight is 326 g/mol. The van der Waals surface area contributed by atoms with Crippen LogP contribution in [-0.2, 0) is 23.8 Å². The quantitative estimate of drug-likeness (QED) is 0.690. The van der Waals surface area contributed by atoms with Crippen LogP contribution in [0.2, 0.25) is 0 Å². The van der Waals surface area contributed by atoms with E-state index in [1.807, 2.05) is 19.9 Å². The molecular weight excluding hydrogens is 300 g/mol. The minimum atomic E-state index is -0.817. The SMILES string of the molecule is COC1=C(OC)C(OC)C(C/C=C(\C)CCC(=O)O)C(C)C1=O. The van der Waals surface area contributed by atoms with Gasteiger partial charge in [-0.1, -0.05) is 18.6 Å². The number of carboxylic acid groups (broad SMARTS) is 1. The van der Waals surface area contributed by atoms with Gasteiger partial charge in [0.2, 0.25) is 11.5 Å². The molecule has 3 unspecified atom stereocenters. The highest BCUT2D eigenvalue weighted by Crippen LogP contribution is 2.36. The van der Waals surface area contributed by atoms with Gasteiger partial charge >= 0.3 is 5.97 Å². The van der Waals surface area contributed by atoms with Gasteiger partial charge in [-0.15, -0.1) is 0 Å². The minimum Gasteiger partial charge on any atom is -0.494 e. The van der Waals surface area contributed by atoms with E-state index in [2.05, 4.69) is 0 Å². The Kier molecular flexibility index (Phi) is 7.29. The molecule has 0 aromatic carbocycles. The van der Waals surface area contributed by atoms with Gasteiger partial charge in [-0.25, -0.2) is 0 Å². The maximum atomic E-state index is 12.4. The fraction of sp³-hybridized carbons (Fsp3) is 0.647. The van der Waals surface area contributed by atoms with Crippen molar-refractivity contribution in [1.82, 2.24) is 0 Å². The molecule has 0 heterocycles. The number of ketones is 1. The van der Waals surface area contributed by atoms with E-state index in [0.29, 0.717) is 18.6 Å². The summed E-state index contributed by atoms with van der Waals surface area (Å²) in [7, 11) is 4.52. The van der Waals surface area contributed by atoms with Gasteiger partial charge in [0.15, 0.2) is 5.76 Å². The predicted octanol–water partition coefficient (Wildman–Crippen LogP) is 2.54. The number of aliphatic carboxylic acids is 1. The molecule has 0 fully saturated rings. The maximum absolute atomic E-state index is 12.4. The number of carboxylic acids is 1. The highest BCUT2D eigenvalue weighted by atomic mass is 16.5. The van der Waals surface area contributed by atoms with Crippen LogP contribution in [0.15, 0.2) is 23.2 Å². The molecule has 1 N–H and O–H groups in total. The zero-order valence-electron chi connectivity index (χ0n) is 14.4. The van der Waals surface area contributed by atoms with Crippen molar-refractivity contribution in [2.45, 2.75) is 39.2 Å². The molecule has 0 saturated carbocycles. The number of allylic oxidation sites excluding steroid dienone is 3. The lowest BCUT2D eigenvalue weighted by atomic mass is 9.77. The summed E-state index contributed by atoms with van der Waals surface area (Å²) < 4.78 is 16.1. The van der Waals surface area contributed by atoms with E-state index >= 15 is 0 Å². The van der Waals surface area contributed by atoms with E-state index in [0.717, 1.165) is 5.57 Å². The lowest BCUT2D eigenvalue weighted by molar-refractivity contribution is -0.137.